The van der Waals surface area contributed by atoms with Gasteiger partial charge in [-0.25, -0.2) is 8.42 Å². The first-order chi connectivity index (χ1) is 14.4. The SMILES string of the molecule is CN=C(NCCCn1ccc2ccccc21)NCCS(=O)(=O)N1CC(C)OC(C)C1.I. The van der Waals surface area contributed by atoms with Crippen molar-refractivity contribution in [3.05, 3.63) is 36.5 Å². The number of para-hydroxylation sites is 1. The molecule has 2 unspecified atom stereocenters. The van der Waals surface area contributed by atoms with Crippen molar-refractivity contribution in [2.75, 3.05) is 39.0 Å². The van der Waals surface area contributed by atoms with Gasteiger partial charge in [-0.1, -0.05) is 18.2 Å². The van der Waals surface area contributed by atoms with Crippen molar-refractivity contribution >= 4 is 50.9 Å². The number of nitrogens with one attached hydrogen (secondary N) is 2. The van der Waals surface area contributed by atoms with Gasteiger partial charge < -0.3 is 19.9 Å². The molecular weight excluding hydrogens is 529 g/mol. The predicted octanol–water partition coefficient (Wildman–Crippen LogP) is 2.25. The number of guanidine groups is 1. The van der Waals surface area contributed by atoms with Gasteiger partial charge in [-0.3, -0.25) is 4.99 Å². The van der Waals surface area contributed by atoms with Gasteiger partial charge in [0, 0.05) is 51.5 Å². The fourth-order valence-corrected chi connectivity index (χ4v) is 5.29. The number of nitrogens with zero attached hydrogens (tertiary/aromatic N) is 3. The summed E-state index contributed by atoms with van der Waals surface area (Å²) in [6.45, 7) is 6.58. The topological polar surface area (TPSA) is 88.0 Å². The number of halogens is 1. The molecule has 1 aromatic heterocycles. The molecule has 0 aliphatic carbocycles. The van der Waals surface area contributed by atoms with Crippen LogP contribution in [0.5, 0.6) is 0 Å². The van der Waals surface area contributed by atoms with Gasteiger partial charge in [-0.05, 0) is 37.8 Å². The maximum Gasteiger partial charge on any atom is 0.216 e. The molecule has 0 amide bonds. The van der Waals surface area contributed by atoms with Crippen LogP contribution < -0.4 is 10.6 Å². The van der Waals surface area contributed by atoms with E-state index in [0.717, 1.165) is 19.5 Å². The molecule has 2 N–H and O–H groups in total. The number of aromatic nitrogens is 1. The van der Waals surface area contributed by atoms with Crippen LogP contribution >= 0.6 is 24.0 Å². The van der Waals surface area contributed by atoms with Gasteiger partial charge in [-0.2, -0.15) is 4.31 Å². The van der Waals surface area contributed by atoms with Crippen LogP contribution in [0, 0.1) is 0 Å². The highest BCUT2D eigenvalue weighted by Crippen LogP contribution is 2.15. The van der Waals surface area contributed by atoms with Crippen molar-refractivity contribution in [3.63, 3.8) is 0 Å². The molecule has 31 heavy (non-hydrogen) atoms. The molecule has 10 heteroatoms. The lowest BCUT2D eigenvalue weighted by atomic mass is 10.2. The van der Waals surface area contributed by atoms with Gasteiger partial charge in [0.2, 0.25) is 10.0 Å². The second kappa shape index (κ2) is 12.0. The van der Waals surface area contributed by atoms with Crippen molar-refractivity contribution < 1.29 is 13.2 Å². The molecule has 1 fully saturated rings. The number of aliphatic imine (C=N–C) groups is 1. The Bertz CT molecular complexity index is 953. The Labute approximate surface area is 202 Å². The molecule has 1 saturated heterocycles. The first-order valence-corrected chi connectivity index (χ1v) is 12.1. The minimum Gasteiger partial charge on any atom is -0.373 e. The molecule has 2 atom stereocenters. The fourth-order valence-electron chi connectivity index (χ4n) is 3.80. The van der Waals surface area contributed by atoms with Gasteiger partial charge in [0.05, 0.1) is 18.0 Å². The fraction of sp³-hybridized carbons (Fsp3) is 0.571. The van der Waals surface area contributed by atoms with Crippen molar-refractivity contribution in [2.24, 2.45) is 4.99 Å². The lowest BCUT2D eigenvalue weighted by molar-refractivity contribution is -0.0440. The minimum absolute atomic E-state index is 0. The van der Waals surface area contributed by atoms with E-state index in [1.807, 2.05) is 19.9 Å². The molecule has 8 nitrogen and oxygen atoms in total. The number of ether oxygens (including phenoxy) is 1. The number of sulfonamides is 1. The Hall–Kier alpha value is -1.37. The van der Waals surface area contributed by atoms with E-state index in [2.05, 4.69) is 50.7 Å². The minimum atomic E-state index is -3.32. The highest BCUT2D eigenvalue weighted by Gasteiger charge is 2.30. The van der Waals surface area contributed by atoms with E-state index in [-0.39, 0.29) is 41.9 Å². The quantitative estimate of drug-likeness (QED) is 0.223. The Balaban J connectivity index is 0.00000341. The molecule has 0 bridgehead atoms. The van der Waals surface area contributed by atoms with Crippen LogP contribution in [-0.4, -0.2) is 74.4 Å². The van der Waals surface area contributed by atoms with Crippen molar-refractivity contribution in [3.8, 4) is 0 Å². The van der Waals surface area contributed by atoms with Crippen LogP contribution in [0.4, 0.5) is 0 Å². The summed E-state index contributed by atoms with van der Waals surface area (Å²) in [6, 6.07) is 10.5. The zero-order chi connectivity index (χ0) is 21.6. The summed E-state index contributed by atoms with van der Waals surface area (Å²) < 4.78 is 34.6. The zero-order valence-corrected chi connectivity index (χ0v) is 21.6. The summed E-state index contributed by atoms with van der Waals surface area (Å²) in [5.74, 6) is 0.647. The number of morpholine rings is 1. The zero-order valence-electron chi connectivity index (χ0n) is 18.5. The molecule has 1 aliphatic heterocycles. The standard InChI is InChI=1S/C21H33N5O3S.HI/c1-17-15-26(16-18(2)29-17)30(27,28)14-11-24-21(22-3)23-10-6-12-25-13-9-19-7-4-5-8-20(19)25;/h4-5,7-9,13,17-18H,6,10-12,14-16H2,1-3H3,(H2,22,23,24);1H. The Morgan fingerprint density at radius 2 is 1.81 bits per heavy atom. The van der Waals surface area contributed by atoms with E-state index in [4.69, 9.17) is 4.74 Å². The first kappa shape index (κ1) is 25.9. The highest BCUT2D eigenvalue weighted by molar-refractivity contribution is 14.0. The largest absolute Gasteiger partial charge is 0.373 e. The van der Waals surface area contributed by atoms with E-state index in [0.29, 0.717) is 25.6 Å². The molecular formula is C21H34IN5O3S. The molecule has 0 radical (unpaired) electrons. The summed E-state index contributed by atoms with van der Waals surface area (Å²) in [7, 11) is -1.63. The third-order valence-electron chi connectivity index (χ3n) is 5.20. The van der Waals surface area contributed by atoms with Crippen LogP contribution in [0.15, 0.2) is 41.5 Å². The summed E-state index contributed by atoms with van der Waals surface area (Å²) in [5, 5.41) is 7.61. The maximum absolute atomic E-state index is 12.6. The molecule has 0 saturated carbocycles. The van der Waals surface area contributed by atoms with Crippen molar-refractivity contribution in [1.29, 1.82) is 0 Å². The summed E-state index contributed by atoms with van der Waals surface area (Å²) in [6.07, 6.45) is 2.88. The molecule has 2 heterocycles. The van der Waals surface area contributed by atoms with Crippen LogP contribution in [0.3, 0.4) is 0 Å². The maximum atomic E-state index is 12.6. The summed E-state index contributed by atoms with van der Waals surface area (Å²) in [4.78, 5) is 4.19. The van der Waals surface area contributed by atoms with Gasteiger partial charge in [0.25, 0.3) is 0 Å². The number of rotatable bonds is 8. The third kappa shape index (κ3) is 7.33. The average Bonchev–Trinajstić information content (AvgIpc) is 3.12. The number of fused-ring (bicyclic) bond motifs is 1. The first-order valence-electron chi connectivity index (χ1n) is 10.5. The molecule has 1 aliphatic rings. The van der Waals surface area contributed by atoms with Gasteiger partial charge >= 0.3 is 0 Å². The predicted molar refractivity (Wildman–Crippen MR) is 137 cm³/mol. The van der Waals surface area contributed by atoms with Crippen LogP contribution in [0.2, 0.25) is 0 Å². The van der Waals surface area contributed by atoms with Gasteiger partial charge in [-0.15, -0.1) is 24.0 Å². The Kier molecular flexibility index (Phi) is 10.0. The monoisotopic (exact) mass is 563 g/mol. The van der Waals surface area contributed by atoms with Crippen LogP contribution in [0.1, 0.15) is 20.3 Å². The highest BCUT2D eigenvalue weighted by atomic mass is 127. The van der Waals surface area contributed by atoms with E-state index in [1.165, 1.54) is 15.2 Å². The average molecular weight is 564 g/mol. The van der Waals surface area contributed by atoms with E-state index >= 15 is 0 Å². The van der Waals surface area contributed by atoms with E-state index in [1.54, 1.807) is 7.05 Å². The lowest BCUT2D eigenvalue weighted by Gasteiger charge is -2.34. The number of hydrogen-bond donors (Lipinski definition) is 2. The molecule has 174 valence electrons. The second-order valence-electron chi connectivity index (χ2n) is 7.74. The third-order valence-corrected chi connectivity index (χ3v) is 7.01. The number of aryl methyl sites for hydroxylation is 1. The molecule has 0 spiro atoms. The molecule has 2 aromatic rings. The van der Waals surface area contributed by atoms with Crippen molar-refractivity contribution in [2.45, 2.75) is 39.0 Å². The van der Waals surface area contributed by atoms with Crippen LogP contribution in [0.25, 0.3) is 10.9 Å². The second-order valence-corrected chi connectivity index (χ2v) is 9.83. The molecule has 3 rings (SSSR count). The molecule has 1 aromatic carbocycles. The number of benzene rings is 1. The van der Waals surface area contributed by atoms with E-state index in [9.17, 15) is 8.42 Å². The number of hydrogen-bond acceptors (Lipinski definition) is 4. The summed E-state index contributed by atoms with van der Waals surface area (Å²) >= 11 is 0. The smallest absolute Gasteiger partial charge is 0.216 e. The Morgan fingerprint density at radius 3 is 2.52 bits per heavy atom. The van der Waals surface area contributed by atoms with Gasteiger partial charge in [0.15, 0.2) is 5.96 Å². The van der Waals surface area contributed by atoms with Crippen LogP contribution in [-0.2, 0) is 21.3 Å². The van der Waals surface area contributed by atoms with E-state index < -0.39 is 10.0 Å². The summed E-state index contributed by atoms with van der Waals surface area (Å²) in [5.41, 5.74) is 1.23. The lowest BCUT2D eigenvalue weighted by Crippen LogP contribution is -2.50. The van der Waals surface area contributed by atoms with Crippen molar-refractivity contribution in [1.82, 2.24) is 19.5 Å². The normalized spacial score (nSPS) is 20.4. The Morgan fingerprint density at radius 1 is 1.13 bits per heavy atom. The van der Waals surface area contributed by atoms with Gasteiger partial charge in [0.1, 0.15) is 0 Å².